The smallest absolute Gasteiger partial charge is 0.338 e. The Morgan fingerprint density at radius 1 is 1.00 bits per heavy atom. The van der Waals surface area contributed by atoms with Gasteiger partial charge in [0.2, 0.25) is 5.91 Å². The molecule has 0 bridgehead atoms. The van der Waals surface area contributed by atoms with E-state index in [1.165, 1.54) is 13.0 Å². The number of aryl methyl sites for hydroxylation is 2. The first kappa shape index (κ1) is 21.8. The third-order valence-corrected chi connectivity index (χ3v) is 4.59. The van der Waals surface area contributed by atoms with Crippen molar-refractivity contribution in [1.82, 2.24) is 9.78 Å². The van der Waals surface area contributed by atoms with Crippen molar-refractivity contribution < 1.29 is 19.1 Å². The van der Waals surface area contributed by atoms with Crippen LogP contribution in [0.1, 0.15) is 34.2 Å². The predicted molar refractivity (Wildman–Crippen MR) is 117 cm³/mol. The Bertz CT molecular complexity index is 1130. The highest BCUT2D eigenvalue weighted by molar-refractivity contribution is 5.97. The number of nitrogens with one attached hydrogen (secondary N) is 2. The molecule has 160 valence electrons. The van der Waals surface area contributed by atoms with Crippen LogP contribution in [-0.4, -0.2) is 34.2 Å². The van der Waals surface area contributed by atoms with Crippen molar-refractivity contribution in [3.8, 4) is 5.69 Å². The highest BCUT2D eigenvalue weighted by atomic mass is 16.5. The third-order valence-electron chi connectivity index (χ3n) is 4.59. The van der Waals surface area contributed by atoms with Gasteiger partial charge >= 0.3 is 5.97 Å². The van der Waals surface area contributed by atoms with Crippen molar-refractivity contribution in [2.75, 3.05) is 17.2 Å². The fourth-order valence-corrected chi connectivity index (χ4v) is 3.08. The molecule has 2 aromatic carbocycles. The number of hydrogen-bond acceptors (Lipinski definition) is 5. The zero-order chi connectivity index (χ0) is 22.5. The Morgan fingerprint density at radius 2 is 1.71 bits per heavy atom. The van der Waals surface area contributed by atoms with Crippen LogP contribution in [0.5, 0.6) is 0 Å². The SMILES string of the molecule is CC(=O)Nc1cccc(C(=O)OCC(=O)Nc2c(C)nn(-c3ccc(C)cc3)c2C)c1. The Kier molecular flexibility index (Phi) is 6.49. The number of esters is 1. The summed E-state index contributed by atoms with van der Waals surface area (Å²) >= 11 is 0. The standard InChI is InChI=1S/C23H24N4O4/c1-14-8-10-20(11-9-14)27-16(3)22(15(2)26-27)25-21(29)13-31-23(30)18-6-5-7-19(12-18)24-17(4)28/h5-12H,13H2,1-4H3,(H,24,28)(H,25,29). The van der Waals surface area contributed by atoms with Crippen LogP contribution in [0.15, 0.2) is 48.5 Å². The van der Waals surface area contributed by atoms with Gasteiger partial charge in [-0.15, -0.1) is 0 Å². The van der Waals surface area contributed by atoms with Gasteiger partial charge in [-0.3, -0.25) is 9.59 Å². The Balaban J connectivity index is 1.64. The second-order valence-corrected chi connectivity index (χ2v) is 7.18. The van der Waals surface area contributed by atoms with Crippen molar-refractivity contribution in [1.29, 1.82) is 0 Å². The van der Waals surface area contributed by atoms with E-state index < -0.39 is 18.5 Å². The van der Waals surface area contributed by atoms with Gasteiger partial charge in [-0.25, -0.2) is 9.48 Å². The van der Waals surface area contributed by atoms with E-state index in [4.69, 9.17) is 4.74 Å². The lowest BCUT2D eigenvalue weighted by Crippen LogP contribution is -2.21. The van der Waals surface area contributed by atoms with Crippen molar-refractivity contribution >= 4 is 29.2 Å². The number of rotatable bonds is 6. The zero-order valence-corrected chi connectivity index (χ0v) is 17.9. The zero-order valence-electron chi connectivity index (χ0n) is 17.9. The van der Waals surface area contributed by atoms with Crippen LogP contribution in [0.25, 0.3) is 5.69 Å². The molecule has 0 aliphatic heterocycles. The predicted octanol–water partition coefficient (Wildman–Crippen LogP) is 3.55. The van der Waals surface area contributed by atoms with Gasteiger partial charge in [-0.2, -0.15) is 5.10 Å². The van der Waals surface area contributed by atoms with Gasteiger partial charge in [0.15, 0.2) is 6.61 Å². The summed E-state index contributed by atoms with van der Waals surface area (Å²) in [5.74, 6) is -1.38. The summed E-state index contributed by atoms with van der Waals surface area (Å²) in [5.41, 5.74) is 4.74. The quantitative estimate of drug-likeness (QED) is 0.594. The van der Waals surface area contributed by atoms with Gasteiger partial charge in [0.25, 0.3) is 5.91 Å². The first-order chi connectivity index (χ1) is 14.7. The Morgan fingerprint density at radius 3 is 2.39 bits per heavy atom. The molecular weight excluding hydrogens is 396 g/mol. The van der Waals surface area contributed by atoms with Crippen molar-refractivity contribution in [2.24, 2.45) is 0 Å². The van der Waals surface area contributed by atoms with E-state index in [1.807, 2.05) is 38.1 Å². The molecule has 1 heterocycles. The second kappa shape index (κ2) is 9.25. The molecule has 0 saturated heterocycles. The van der Waals surface area contributed by atoms with Gasteiger partial charge in [0.1, 0.15) is 0 Å². The molecule has 2 N–H and O–H groups in total. The number of anilines is 2. The summed E-state index contributed by atoms with van der Waals surface area (Å²) in [6, 6.07) is 14.2. The van der Waals surface area contributed by atoms with E-state index in [-0.39, 0.29) is 11.5 Å². The Labute approximate surface area is 180 Å². The van der Waals surface area contributed by atoms with E-state index in [2.05, 4.69) is 15.7 Å². The minimum Gasteiger partial charge on any atom is -0.452 e. The second-order valence-electron chi connectivity index (χ2n) is 7.18. The van der Waals surface area contributed by atoms with Crippen LogP contribution in [0.2, 0.25) is 0 Å². The highest BCUT2D eigenvalue weighted by Crippen LogP contribution is 2.23. The molecule has 0 aliphatic carbocycles. The number of carbonyl (C=O) groups is 3. The van der Waals surface area contributed by atoms with E-state index in [9.17, 15) is 14.4 Å². The maximum atomic E-state index is 12.4. The lowest BCUT2D eigenvalue weighted by Gasteiger charge is -2.09. The van der Waals surface area contributed by atoms with E-state index in [0.717, 1.165) is 16.9 Å². The fourth-order valence-electron chi connectivity index (χ4n) is 3.08. The van der Waals surface area contributed by atoms with Crippen LogP contribution in [0, 0.1) is 20.8 Å². The largest absolute Gasteiger partial charge is 0.452 e. The van der Waals surface area contributed by atoms with Crippen molar-refractivity contribution in [2.45, 2.75) is 27.7 Å². The molecule has 8 nitrogen and oxygen atoms in total. The normalized spacial score (nSPS) is 10.5. The molecule has 2 amide bonds. The summed E-state index contributed by atoms with van der Waals surface area (Å²) in [4.78, 5) is 35.8. The molecule has 3 rings (SSSR count). The molecular formula is C23H24N4O4. The average Bonchev–Trinajstić information content (AvgIpc) is 3.00. The van der Waals surface area contributed by atoms with Gasteiger partial charge in [0, 0.05) is 12.6 Å². The number of hydrogen-bond donors (Lipinski definition) is 2. The minimum atomic E-state index is -0.661. The molecule has 0 radical (unpaired) electrons. The lowest BCUT2D eigenvalue weighted by molar-refractivity contribution is -0.119. The summed E-state index contributed by atoms with van der Waals surface area (Å²) in [6.07, 6.45) is 0. The molecule has 8 heteroatoms. The number of carbonyl (C=O) groups excluding carboxylic acids is 3. The monoisotopic (exact) mass is 420 g/mol. The van der Waals surface area contributed by atoms with Gasteiger partial charge in [-0.05, 0) is 51.1 Å². The molecule has 0 saturated carbocycles. The molecule has 0 aliphatic rings. The summed E-state index contributed by atoms with van der Waals surface area (Å²) in [6.45, 7) is 6.59. The van der Waals surface area contributed by atoms with Crippen molar-refractivity contribution in [3.63, 3.8) is 0 Å². The van der Waals surface area contributed by atoms with E-state index in [1.54, 1.807) is 29.8 Å². The highest BCUT2D eigenvalue weighted by Gasteiger charge is 2.17. The van der Waals surface area contributed by atoms with Gasteiger partial charge < -0.3 is 15.4 Å². The molecule has 0 atom stereocenters. The number of nitrogens with zero attached hydrogens (tertiary/aromatic N) is 2. The molecule has 1 aromatic heterocycles. The van der Waals surface area contributed by atoms with Crippen LogP contribution in [0.3, 0.4) is 0 Å². The van der Waals surface area contributed by atoms with Crippen LogP contribution >= 0.6 is 0 Å². The first-order valence-corrected chi connectivity index (χ1v) is 9.72. The number of benzene rings is 2. The fraction of sp³-hybridized carbons (Fsp3) is 0.217. The Hall–Kier alpha value is -3.94. The van der Waals surface area contributed by atoms with E-state index in [0.29, 0.717) is 17.1 Å². The van der Waals surface area contributed by atoms with Crippen LogP contribution in [0.4, 0.5) is 11.4 Å². The average molecular weight is 420 g/mol. The van der Waals surface area contributed by atoms with E-state index >= 15 is 0 Å². The molecule has 0 fully saturated rings. The van der Waals surface area contributed by atoms with Crippen molar-refractivity contribution in [3.05, 3.63) is 71.0 Å². The third kappa shape index (κ3) is 5.36. The number of aromatic nitrogens is 2. The van der Waals surface area contributed by atoms with Crippen LogP contribution in [-0.2, 0) is 14.3 Å². The van der Waals surface area contributed by atoms with Gasteiger partial charge in [0.05, 0.1) is 28.3 Å². The topological polar surface area (TPSA) is 102 Å². The van der Waals surface area contributed by atoms with Crippen LogP contribution < -0.4 is 10.6 Å². The molecule has 0 spiro atoms. The molecule has 31 heavy (non-hydrogen) atoms. The lowest BCUT2D eigenvalue weighted by atomic mass is 10.2. The number of amides is 2. The summed E-state index contributed by atoms with van der Waals surface area (Å²) in [5, 5.41) is 9.86. The maximum absolute atomic E-state index is 12.4. The minimum absolute atomic E-state index is 0.235. The maximum Gasteiger partial charge on any atom is 0.338 e. The summed E-state index contributed by atoms with van der Waals surface area (Å²) < 4.78 is 6.87. The molecule has 0 unspecified atom stereocenters. The molecule has 3 aromatic rings. The number of ether oxygens (including phenoxy) is 1. The van der Waals surface area contributed by atoms with Gasteiger partial charge in [-0.1, -0.05) is 23.8 Å². The first-order valence-electron chi connectivity index (χ1n) is 9.72. The summed E-state index contributed by atoms with van der Waals surface area (Å²) in [7, 11) is 0.